The van der Waals surface area contributed by atoms with Gasteiger partial charge in [-0.2, -0.15) is 13.2 Å². The average molecular weight is 471 g/mol. The Morgan fingerprint density at radius 2 is 1.94 bits per heavy atom. The highest BCUT2D eigenvalue weighted by atomic mass is 35.5. The number of hydrogen-bond donors (Lipinski definition) is 4. The lowest BCUT2D eigenvalue weighted by Crippen LogP contribution is -2.55. The Hall–Kier alpha value is -2.78. The van der Waals surface area contributed by atoms with Crippen molar-refractivity contribution in [2.75, 3.05) is 5.32 Å². The van der Waals surface area contributed by atoms with Crippen molar-refractivity contribution in [2.45, 2.75) is 43.5 Å². The molecule has 2 aromatic carbocycles. The molecular formula is C22H19ClF4N2O3. The minimum atomic E-state index is -5.02. The molecule has 0 saturated heterocycles. The quantitative estimate of drug-likeness (QED) is 0.388. The van der Waals surface area contributed by atoms with Gasteiger partial charge in [0.15, 0.2) is 5.60 Å². The van der Waals surface area contributed by atoms with Gasteiger partial charge >= 0.3 is 6.18 Å². The summed E-state index contributed by atoms with van der Waals surface area (Å²) in [6, 6.07) is 5.50. The number of aromatic amines is 1. The summed E-state index contributed by atoms with van der Waals surface area (Å²) in [6.45, 7) is 1.66. The first-order valence-corrected chi connectivity index (χ1v) is 10.2. The highest BCUT2D eigenvalue weighted by molar-refractivity contribution is 6.32. The second kappa shape index (κ2) is 7.67. The summed E-state index contributed by atoms with van der Waals surface area (Å²) < 4.78 is 56.8. The summed E-state index contributed by atoms with van der Waals surface area (Å²) in [5.74, 6) is -1.89. The van der Waals surface area contributed by atoms with Crippen molar-refractivity contribution in [2.24, 2.45) is 0 Å². The van der Waals surface area contributed by atoms with Gasteiger partial charge in [0, 0.05) is 22.7 Å². The van der Waals surface area contributed by atoms with E-state index in [1.807, 2.05) is 0 Å². The Morgan fingerprint density at radius 3 is 2.59 bits per heavy atom. The number of phenols is 1. The van der Waals surface area contributed by atoms with Crippen molar-refractivity contribution in [3.05, 3.63) is 68.7 Å². The summed E-state index contributed by atoms with van der Waals surface area (Å²) in [4.78, 5) is 13.9. The van der Waals surface area contributed by atoms with E-state index in [0.717, 1.165) is 12.1 Å². The standard InChI is InChI=1S/C22H19ClF4N2O3/c1-2-10-9-21(32,22(25,26)27)20(12-3-5-13(23)19(31)17(10)12)28-15-7-6-14(24)18-11(15)4-8-16(30)29-18/h3-8,10,20,28,31-32H,2,9H2,1H3,(H,29,30)/t10-,20-,21+/m1/s1. The number of fused-ring (bicyclic) bond motifs is 2. The van der Waals surface area contributed by atoms with Crippen LogP contribution in [0.1, 0.15) is 42.9 Å². The minimum Gasteiger partial charge on any atom is -0.506 e. The van der Waals surface area contributed by atoms with Crippen LogP contribution in [0.4, 0.5) is 23.2 Å². The second-order valence-electron chi connectivity index (χ2n) is 7.91. The summed E-state index contributed by atoms with van der Waals surface area (Å²) in [7, 11) is 0. The van der Waals surface area contributed by atoms with Gasteiger partial charge < -0.3 is 20.5 Å². The van der Waals surface area contributed by atoms with Gasteiger partial charge in [-0.1, -0.05) is 24.6 Å². The number of hydrogen-bond acceptors (Lipinski definition) is 4. The number of aromatic nitrogens is 1. The van der Waals surface area contributed by atoms with Crippen LogP contribution in [-0.4, -0.2) is 27.0 Å². The molecular weight excluding hydrogens is 452 g/mol. The number of halogens is 5. The monoisotopic (exact) mass is 470 g/mol. The van der Waals surface area contributed by atoms with Crippen LogP contribution in [0.15, 0.2) is 41.2 Å². The number of aliphatic hydroxyl groups is 1. The maximum atomic E-state index is 14.2. The zero-order valence-electron chi connectivity index (χ0n) is 16.7. The maximum absolute atomic E-state index is 14.2. The van der Waals surface area contributed by atoms with E-state index in [4.69, 9.17) is 11.6 Å². The highest BCUT2D eigenvalue weighted by Gasteiger charge is 2.62. The van der Waals surface area contributed by atoms with Gasteiger partial charge in [-0.05, 0) is 48.6 Å². The summed E-state index contributed by atoms with van der Waals surface area (Å²) >= 11 is 6.02. The molecule has 0 fully saturated rings. The molecule has 0 unspecified atom stereocenters. The Labute approximate surface area is 184 Å². The molecule has 10 heteroatoms. The van der Waals surface area contributed by atoms with Gasteiger partial charge in [0.05, 0.1) is 16.6 Å². The number of H-pyrrole nitrogens is 1. The summed E-state index contributed by atoms with van der Waals surface area (Å²) in [5.41, 5.74) is -3.61. The third kappa shape index (κ3) is 3.40. The van der Waals surface area contributed by atoms with E-state index in [2.05, 4.69) is 10.3 Å². The van der Waals surface area contributed by atoms with E-state index in [0.29, 0.717) is 0 Å². The summed E-state index contributed by atoms with van der Waals surface area (Å²) in [6.07, 6.45) is -5.50. The zero-order chi connectivity index (χ0) is 23.4. The lowest BCUT2D eigenvalue weighted by molar-refractivity contribution is -0.272. The van der Waals surface area contributed by atoms with E-state index in [-0.39, 0.29) is 44.9 Å². The molecule has 3 aromatic rings. The Morgan fingerprint density at radius 1 is 1.22 bits per heavy atom. The predicted octanol–water partition coefficient (Wildman–Crippen LogP) is 5.37. The van der Waals surface area contributed by atoms with Gasteiger partial charge in [0.1, 0.15) is 11.6 Å². The third-order valence-corrected chi connectivity index (χ3v) is 6.39. The van der Waals surface area contributed by atoms with E-state index in [1.165, 1.54) is 24.3 Å². The van der Waals surface area contributed by atoms with Crippen LogP contribution in [0.3, 0.4) is 0 Å². The van der Waals surface area contributed by atoms with E-state index in [9.17, 15) is 32.6 Å². The summed E-state index contributed by atoms with van der Waals surface area (Å²) in [5, 5.41) is 24.3. The molecule has 170 valence electrons. The molecule has 0 saturated carbocycles. The number of anilines is 1. The van der Waals surface area contributed by atoms with Crippen LogP contribution in [0.2, 0.25) is 5.02 Å². The second-order valence-corrected chi connectivity index (χ2v) is 8.32. The highest BCUT2D eigenvalue weighted by Crippen LogP contribution is 2.56. The lowest BCUT2D eigenvalue weighted by Gasteiger charge is -2.46. The molecule has 0 amide bonds. The molecule has 32 heavy (non-hydrogen) atoms. The fraction of sp³-hybridized carbons (Fsp3) is 0.318. The predicted molar refractivity (Wildman–Crippen MR) is 113 cm³/mol. The molecule has 4 rings (SSSR count). The fourth-order valence-corrected chi connectivity index (χ4v) is 4.62. The molecule has 5 nitrogen and oxygen atoms in total. The molecule has 1 aromatic heterocycles. The number of pyridine rings is 1. The van der Waals surface area contributed by atoms with Crippen LogP contribution in [-0.2, 0) is 0 Å². The Bertz CT molecular complexity index is 1260. The molecule has 0 spiro atoms. The Balaban J connectivity index is 1.95. The number of alkyl halides is 3. The SMILES string of the molecule is CC[C@@H]1C[C@@](O)(C(F)(F)F)[C@H](Nc2ccc(F)c3[nH]c(=O)ccc23)c2ccc(Cl)c(O)c21. The van der Waals surface area contributed by atoms with Gasteiger partial charge in [0.2, 0.25) is 5.56 Å². The number of rotatable bonds is 3. The van der Waals surface area contributed by atoms with Crippen molar-refractivity contribution >= 4 is 28.2 Å². The number of aromatic hydroxyl groups is 1. The number of benzene rings is 2. The van der Waals surface area contributed by atoms with E-state index >= 15 is 0 Å². The number of phenolic OH excluding ortho intramolecular Hbond substituents is 1. The van der Waals surface area contributed by atoms with Crippen LogP contribution < -0.4 is 10.9 Å². The van der Waals surface area contributed by atoms with Crippen molar-refractivity contribution < 1.29 is 27.8 Å². The topological polar surface area (TPSA) is 85.4 Å². The molecule has 1 aliphatic rings. The van der Waals surface area contributed by atoms with Crippen molar-refractivity contribution in [3.63, 3.8) is 0 Å². The van der Waals surface area contributed by atoms with Gasteiger partial charge in [0.25, 0.3) is 0 Å². The first-order valence-electron chi connectivity index (χ1n) is 9.86. The smallest absolute Gasteiger partial charge is 0.419 e. The van der Waals surface area contributed by atoms with Crippen molar-refractivity contribution in [1.82, 2.24) is 4.98 Å². The van der Waals surface area contributed by atoms with Crippen LogP contribution >= 0.6 is 11.6 Å². The molecule has 3 atom stereocenters. The van der Waals surface area contributed by atoms with E-state index in [1.54, 1.807) is 6.92 Å². The van der Waals surface area contributed by atoms with Gasteiger partial charge in [-0.15, -0.1) is 0 Å². The normalized spacial score (nSPS) is 23.2. The molecule has 0 aliphatic heterocycles. The first-order chi connectivity index (χ1) is 15.0. The maximum Gasteiger partial charge on any atom is 0.419 e. The lowest BCUT2D eigenvalue weighted by atomic mass is 9.69. The minimum absolute atomic E-state index is 0.0109. The van der Waals surface area contributed by atoms with Crippen LogP contribution in [0.25, 0.3) is 10.9 Å². The van der Waals surface area contributed by atoms with Crippen LogP contribution in [0, 0.1) is 5.82 Å². The average Bonchev–Trinajstić information content (AvgIpc) is 2.73. The van der Waals surface area contributed by atoms with Crippen molar-refractivity contribution in [1.29, 1.82) is 0 Å². The zero-order valence-corrected chi connectivity index (χ0v) is 17.5. The molecule has 1 aliphatic carbocycles. The molecule has 4 N–H and O–H groups in total. The Kier molecular flexibility index (Phi) is 5.37. The first kappa shape index (κ1) is 22.4. The number of nitrogens with one attached hydrogen (secondary N) is 2. The van der Waals surface area contributed by atoms with Crippen LogP contribution in [0.5, 0.6) is 5.75 Å². The molecule has 0 bridgehead atoms. The fourth-order valence-electron chi connectivity index (χ4n) is 4.45. The molecule has 0 radical (unpaired) electrons. The van der Waals surface area contributed by atoms with E-state index < -0.39 is 41.5 Å². The van der Waals surface area contributed by atoms with Gasteiger partial charge in [-0.3, -0.25) is 4.79 Å². The van der Waals surface area contributed by atoms with Gasteiger partial charge in [-0.25, -0.2) is 4.39 Å². The molecule has 1 heterocycles. The van der Waals surface area contributed by atoms with Crippen molar-refractivity contribution in [3.8, 4) is 5.75 Å². The third-order valence-electron chi connectivity index (χ3n) is 6.08. The largest absolute Gasteiger partial charge is 0.506 e.